The fourth-order valence-electron chi connectivity index (χ4n) is 4.60. The SMILES string of the molecule is CC(C)CN1CCN(C(C)(C)C)[N+]12N(CC(C)C)CCN2C(C)(C)C. The monoisotopic (exact) mass is 354 g/mol. The van der Waals surface area contributed by atoms with E-state index >= 15 is 0 Å². The molecule has 2 aliphatic heterocycles. The lowest BCUT2D eigenvalue weighted by Gasteiger charge is -2.55. The van der Waals surface area contributed by atoms with Gasteiger partial charge in [-0.1, -0.05) is 47.7 Å². The van der Waals surface area contributed by atoms with Crippen molar-refractivity contribution in [1.29, 1.82) is 0 Å². The maximum absolute atomic E-state index is 2.72. The van der Waals surface area contributed by atoms with Gasteiger partial charge >= 0.3 is 0 Å². The second-order valence-corrected chi connectivity index (χ2v) is 10.7. The third-order valence-corrected chi connectivity index (χ3v) is 5.25. The van der Waals surface area contributed by atoms with Crippen LogP contribution >= 0.6 is 0 Å². The van der Waals surface area contributed by atoms with Gasteiger partial charge in [0.15, 0.2) is 0 Å². The Balaban J connectivity index is 2.58. The van der Waals surface area contributed by atoms with Gasteiger partial charge in [0.05, 0.1) is 50.3 Å². The van der Waals surface area contributed by atoms with Crippen LogP contribution in [-0.4, -0.2) is 75.3 Å². The number of quaternary nitrogens is 1. The fourth-order valence-corrected chi connectivity index (χ4v) is 4.60. The summed E-state index contributed by atoms with van der Waals surface area (Å²) in [4.78, 5) is 0.809. The molecular weight excluding hydrogens is 310 g/mol. The van der Waals surface area contributed by atoms with E-state index in [2.05, 4.69) is 89.3 Å². The van der Waals surface area contributed by atoms with Crippen LogP contribution in [0.1, 0.15) is 69.2 Å². The van der Waals surface area contributed by atoms with Crippen LogP contribution in [0, 0.1) is 11.8 Å². The number of hydrogen-bond acceptors (Lipinski definition) is 4. The first-order chi connectivity index (χ1) is 11.3. The topological polar surface area (TPSA) is 13.0 Å². The molecule has 2 aliphatic rings. The van der Waals surface area contributed by atoms with E-state index in [9.17, 15) is 0 Å². The second kappa shape index (κ2) is 7.08. The first kappa shape index (κ1) is 21.1. The highest BCUT2D eigenvalue weighted by Gasteiger charge is 2.66. The van der Waals surface area contributed by atoms with Gasteiger partial charge < -0.3 is 0 Å². The normalized spacial score (nSPS) is 24.5. The molecule has 0 amide bonds. The molecule has 2 heterocycles. The van der Waals surface area contributed by atoms with E-state index in [1.165, 1.54) is 0 Å². The average molecular weight is 355 g/mol. The summed E-state index contributed by atoms with van der Waals surface area (Å²) in [6, 6.07) is 0. The third-order valence-electron chi connectivity index (χ3n) is 5.25. The molecule has 5 heteroatoms. The Hall–Kier alpha value is -0.200. The number of rotatable bonds is 4. The Morgan fingerprint density at radius 1 is 0.640 bits per heavy atom. The van der Waals surface area contributed by atoms with Crippen LogP contribution in [-0.2, 0) is 0 Å². The maximum atomic E-state index is 2.72. The van der Waals surface area contributed by atoms with Crippen LogP contribution in [0.15, 0.2) is 0 Å². The summed E-state index contributed by atoms with van der Waals surface area (Å²) in [7, 11) is 0. The summed E-state index contributed by atoms with van der Waals surface area (Å²) in [6.07, 6.45) is 0. The standard InChI is InChI=1S/C20H44N5/c1-17(2)15-21-11-13-23(19(5,6)7)25(21)22(16-18(3)4)12-14-24(25)20(8,9)10/h17-18H,11-16H2,1-10H3/q+1. The van der Waals surface area contributed by atoms with Gasteiger partial charge in [-0.25, -0.2) is 0 Å². The molecule has 2 fully saturated rings. The fraction of sp³-hybridized carbons (Fsp3) is 1.00. The zero-order chi connectivity index (χ0) is 19.2. The lowest BCUT2D eigenvalue weighted by molar-refractivity contribution is -1.27. The molecule has 0 aromatic carbocycles. The smallest absolute Gasteiger partial charge is 0.0727 e. The van der Waals surface area contributed by atoms with E-state index in [4.69, 9.17) is 0 Å². The molecule has 0 bridgehead atoms. The van der Waals surface area contributed by atoms with Gasteiger partial charge in [0.2, 0.25) is 0 Å². The van der Waals surface area contributed by atoms with Crippen LogP contribution in [0.4, 0.5) is 0 Å². The van der Waals surface area contributed by atoms with Crippen molar-refractivity contribution < 1.29 is 4.92 Å². The lowest BCUT2D eigenvalue weighted by Crippen LogP contribution is -2.79. The van der Waals surface area contributed by atoms with E-state index in [0.29, 0.717) is 11.8 Å². The second-order valence-electron chi connectivity index (χ2n) is 10.7. The molecule has 1 spiro atoms. The van der Waals surface area contributed by atoms with Gasteiger partial charge in [-0.15, -0.1) is 0 Å². The highest BCUT2D eigenvalue weighted by Crippen LogP contribution is 2.42. The van der Waals surface area contributed by atoms with Crippen molar-refractivity contribution in [3.05, 3.63) is 0 Å². The molecule has 5 nitrogen and oxygen atoms in total. The summed E-state index contributed by atoms with van der Waals surface area (Å²) in [5.41, 5.74) is 0.240. The summed E-state index contributed by atoms with van der Waals surface area (Å²) in [5, 5.41) is 10.9. The van der Waals surface area contributed by atoms with Gasteiger partial charge in [0.1, 0.15) is 0 Å². The first-order valence-corrected chi connectivity index (χ1v) is 10.3. The van der Waals surface area contributed by atoms with E-state index in [1.54, 1.807) is 0 Å². The van der Waals surface area contributed by atoms with Gasteiger partial charge in [0, 0.05) is 0 Å². The molecule has 0 radical (unpaired) electrons. The van der Waals surface area contributed by atoms with Crippen molar-refractivity contribution in [3.8, 4) is 0 Å². The van der Waals surface area contributed by atoms with Gasteiger partial charge in [-0.2, -0.15) is 0 Å². The Bertz CT molecular complexity index is 404. The van der Waals surface area contributed by atoms with E-state index < -0.39 is 0 Å². The Morgan fingerprint density at radius 2 is 0.960 bits per heavy atom. The van der Waals surface area contributed by atoms with Crippen molar-refractivity contribution in [2.75, 3.05) is 39.3 Å². The molecule has 148 valence electrons. The van der Waals surface area contributed by atoms with Crippen molar-refractivity contribution in [1.82, 2.24) is 20.0 Å². The molecule has 2 rings (SSSR count). The van der Waals surface area contributed by atoms with Crippen LogP contribution < -0.4 is 0 Å². The minimum atomic E-state index is 0.120. The quantitative estimate of drug-likeness (QED) is 0.715. The number of hydrogen-bond donors (Lipinski definition) is 0. The number of nitrogens with zero attached hydrogens (tertiary/aromatic N) is 5. The highest BCUT2D eigenvalue weighted by atomic mass is 16.3. The van der Waals surface area contributed by atoms with Crippen molar-refractivity contribution in [2.45, 2.75) is 80.3 Å². The molecule has 2 saturated heterocycles. The summed E-state index contributed by atoms with van der Waals surface area (Å²) < 4.78 is 0. The van der Waals surface area contributed by atoms with E-state index in [1.807, 2.05) is 0 Å². The first-order valence-electron chi connectivity index (χ1n) is 10.3. The summed E-state index contributed by atoms with van der Waals surface area (Å²) in [6.45, 7) is 30.4. The minimum Gasteiger partial charge on any atom is -0.0940 e. The molecule has 0 unspecified atom stereocenters. The van der Waals surface area contributed by atoms with Crippen molar-refractivity contribution >= 4 is 0 Å². The van der Waals surface area contributed by atoms with E-state index in [-0.39, 0.29) is 11.1 Å². The molecule has 0 aromatic heterocycles. The largest absolute Gasteiger partial charge is 0.0940 e. The molecule has 0 aliphatic carbocycles. The van der Waals surface area contributed by atoms with Crippen LogP contribution in [0.3, 0.4) is 0 Å². The van der Waals surface area contributed by atoms with Crippen molar-refractivity contribution in [3.63, 3.8) is 0 Å². The molecule has 0 saturated carbocycles. The van der Waals surface area contributed by atoms with Crippen LogP contribution in [0.5, 0.6) is 0 Å². The Labute approximate surface area is 157 Å². The zero-order valence-corrected chi connectivity index (χ0v) is 18.6. The van der Waals surface area contributed by atoms with Gasteiger partial charge in [-0.05, 0) is 58.3 Å². The lowest BCUT2D eigenvalue weighted by atomic mass is 10.1. The zero-order valence-electron chi connectivity index (χ0n) is 18.6. The Kier molecular flexibility index (Phi) is 5.98. The molecule has 0 atom stereocenters. The van der Waals surface area contributed by atoms with E-state index in [0.717, 1.165) is 44.2 Å². The summed E-state index contributed by atoms with van der Waals surface area (Å²) in [5.74, 6) is 1.33. The van der Waals surface area contributed by atoms with Gasteiger partial charge in [0.25, 0.3) is 0 Å². The molecule has 0 N–H and O–H groups in total. The molecular formula is C20H44N5+. The third kappa shape index (κ3) is 3.91. The van der Waals surface area contributed by atoms with Gasteiger partial charge in [-0.3, -0.25) is 0 Å². The molecule has 0 aromatic rings. The van der Waals surface area contributed by atoms with Crippen LogP contribution in [0.2, 0.25) is 0 Å². The predicted molar refractivity (Wildman–Crippen MR) is 106 cm³/mol. The Morgan fingerprint density at radius 3 is 1.20 bits per heavy atom. The highest BCUT2D eigenvalue weighted by molar-refractivity contribution is 4.80. The summed E-state index contributed by atoms with van der Waals surface area (Å²) >= 11 is 0. The minimum absolute atomic E-state index is 0.120. The van der Waals surface area contributed by atoms with Crippen LogP contribution in [0.25, 0.3) is 0 Å². The average Bonchev–Trinajstić information content (AvgIpc) is 2.92. The predicted octanol–water partition coefficient (Wildman–Crippen LogP) is 3.61. The van der Waals surface area contributed by atoms with Crippen molar-refractivity contribution in [2.24, 2.45) is 11.8 Å². The maximum Gasteiger partial charge on any atom is 0.0727 e. The molecule has 25 heavy (non-hydrogen) atoms.